The van der Waals surface area contributed by atoms with Crippen LogP contribution in [0.2, 0.25) is 0 Å². The molecule has 0 amide bonds. The molecule has 0 saturated heterocycles. The number of nitrogens with zero attached hydrogens (tertiary/aromatic N) is 1. The Balaban J connectivity index is 4.83. The minimum Gasteiger partial charge on any atom is -0.266 e. The predicted molar refractivity (Wildman–Crippen MR) is 93.2 cm³/mol. The van der Waals surface area contributed by atoms with Crippen molar-refractivity contribution < 1.29 is 0 Å². The standard InChI is InChI=1S/C19H31N/c1-8-11-16(5)12-18(7)20-14-19(17(6)10-3)13-15(4)9-2/h8-9,12,14,17,19H,1,5,10-11,13H2,2-4,6-7H3/b15-9-,18-12-,20-14-/t17?,19-/m1/s1. The first kappa shape index (κ1) is 18.6. The van der Waals surface area contributed by atoms with Crippen LogP contribution in [0, 0.1) is 11.8 Å². The Morgan fingerprint density at radius 1 is 1.30 bits per heavy atom. The normalized spacial score (nSPS) is 16.2. The summed E-state index contributed by atoms with van der Waals surface area (Å²) in [6.45, 7) is 18.6. The molecule has 0 aromatic rings. The van der Waals surface area contributed by atoms with E-state index in [0.29, 0.717) is 11.8 Å². The highest BCUT2D eigenvalue weighted by Gasteiger charge is 2.13. The molecule has 0 aliphatic rings. The number of hydrogen-bond donors (Lipinski definition) is 0. The van der Waals surface area contributed by atoms with Crippen molar-refractivity contribution in [2.24, 2.45) is 16.8 Å². The Morgan fingerprint density at radius 2 is 1.95 bits per heavy atom. The zero-order chi connectivity index (χ0) is 15.5. The second-order valence-corrected chi connectivity index (χ2v) is 5.60. The van der Waals surface area contributed by atoms with Crippen LogP contribution in [0.25, 0.3) is 0 Å². The summed E-state index contributed by atoms with van der Waals surface area (Å²) in [5.41, 5.74) is 3.50. The summed E-state index contributed by atoms with van der Waals surface area (Å²) in [6, 6.07) is 0. The Bertz CT molecular complexity index is 396. The molecule has 0 radical (unpaired) electrons. The second kappa shape index (κ2) is 10.4. The molecule has 1 unspecified atom stereocenters. The van der Waals surface area contributed by atoms with Crippen LogP contribution < -0.4 is 0 Å². The fraction of sp³-hybridized carbons (Fsp3) is 0.526. The van der Waals surface area contributed by atoms with Crippen molar-refractivity contribution in [1.29, 1.82) is 0 Å². The lowest BCUT2D eigenvalue weighted by Gasteiger charge is -2.19. The Morgan fingerprint density at radius 3 is 2.45 bits per heavy atom. The van der Waals surface area contributed by atoms with E-state index in [9.17, 15) is 0 Å². The molecule has 0 aliphatic heterocycles. The fourth-order valence-electron chi connectivity index (χ4n) is 1.98. The highest BCUT2D eigenvalue weighted by Crippen LogP contribution is 2.21. The minimum absolute atomic E-state index is 0.507. The van der Waals surface area contributed by atoms with Gasteiger partial charge < -0.3 is 0 Å². The monoisotopic (exact) mass is 273 g/mol. The van der Waals surface area contributed by atoms with Crippen molar-refractivity contribution in [3.8, 4) is 0 Å². The summed E-state index contributed by atoms with van der Waals surface area (Å²) in [5.74, 6) is 1.16. The molecule has 0 aliphatic carbocycles. The molecule has 0 bridgehead atoms. The molecule has 2 atom stereocenters. The average Bonchev–Trinajstić information content (AvgIpc) is 2.42. The van der Waals surface area contributed by atoms with Crippen LogP contribution >= 0.6 is 0 Å². The van der Waals surface area contributed by atoms with Crippen molar-refractivity contribution in [3.05, 3.63) is 48.2 Å². The highest BCUT2D eigenvalue weighted by atomic mass is 14.7. The van der Waals surface area contributed by atoms with E-state index in [-0.39, 0.29) is 0 Å². The van der Waals surface area contributed by atoms with E-state index in [4.69, 9.17) is 0 Å². The summed E-state index contributed by atoms with van der Waals surface area (Å²) in [6.07, 6.45) is 11.3. The van der Waals surface area contributed by atoms with Crippen LogP contribution in [-0.2, 0) is 0 Å². The van der Waals surface area contributed by atoms with E-state index in [1.807, 2.05) is 19.1 Å². The molecule has 0 aromatic heterocycles. The van der Waals surface area contributed by atoms with E-state index in [0.717, 1.165) is 24.1 Å². The molecule has 0 N–H and O–H groups in total. The quantitative estimate of drug-likeness (QED) is 0.273. The van der Waals surface area contributed by atoms with Gasteiger partial charge in [0.25, 0.3) is 0 Å². The molecule has 0 spiro atoms. The van der Waals surface area contributed by atoms with Gasteiger partial charge in [0, 0.05) is 17.8 Å². The third kappa shape index (κ3) is 7.93. The number of hydrogen-bond acceptors (Lipinski definition) is 1. The molecule has 1 heteroatoms. The van der Waals surface area contributed by atoms with Gasteiger partial charge in [-0.3, -0.25) is 4.99 Å². The van der Waals surface area contributed by atoms with Crippen molar-refractivity contribution in [1.82, 2.24) is 0 Å². The van der Waals surface area contributed by atoms with E-state index < -0.39 is 0 Å². The van der Waals surface area contributed by atoms with Crippen LogP contribution in [0.3, 0.4) is 0 Å². The summed E-state index contributed by atoms with van der Waals surface area (Å²) in [5, 5.41) is 0. The molecule has 112 valence electrons. The zero-order valence-electron chi connectivity index (χ0n) is 13.9. The van der Waals surface area contributed by atoms with Crippen molar-refractivity contribution in [3.63, 3.8) is 0 Å². The van der Waals surface area contributed by atoms with Gasteiger partial charge in [0.05, 0.1) is 0 Å². The maximum absolute atomic E-state index is 4.62. The molecule has 0 aromatic carbocycles. The summed E-state index contributed by atoms with van der Waals surface area (Å²) < 4.78 is 0. The predicted octanol–water partition coefficient (Wildman–Crippen LogP) is 6.11. The zero-order valence-corrected chi connectivity index (χ0v) is 13.9. The molecule has 20 heavy (non-hydrogen) atoms. The van der Waals surface area contributed by atoms with Crippen LogP contribution in [0.4, 0.5) is 0 Å². The molecule has 1 nitrogen and oxygen atoms in total. The summed E-state index contributed by atoms with van der Waals surface area (Å²) in [7, 11) is 0. The van der Waals surface area contributed by atoms with Gasteiger partial charge >= 0.3 is 0 Å². The number of rotatable bonds is 9. The molecule has 0 fully saturated rings. The lowest BCUT2D eigenvalue weighted by atomic mass is 9.87. The van der Waals surface area contributed by atoms with Gasteiger partial charge in [0.2, 0.25) is 0 Å². The SMILES string of the molecule is C=CCC(=C)/C=C(C)\N=C/[C@@H](C/C(C)=C\C)C(C)CC. The lowest BCUT2D eigenvalue weighted by Crippen LogP contribution is -2.13. The first-order chi connectivity index (χ1) is 9.44. The van der Waals surface area contributed by atoms with E-state index >= 15 is 0 Å². The smallest absolute Gasteiger partial charge is 0.0371 e. The van der Waals surface area contributed by atoms with Crippen molar-refractivity contribution in [2.75, 3.05) is 0 Å². The van der Waals surface area contributed by atoms with E-state index in [1.54, 1.807) is 0 Å². The van der Waals surface area contributed by atoms with Crippen LogP contribution in [0.15, 0.2) is 53.2 Å². The van der Waals surface area contributed by atoms with Gasteiger partial charge in [0.1, 0.15) is 0 Å². The number of aliphatic imine (C=N–C) groups is 1. The van der Waals surface area contributed by atoms with E-state index in [1.165, 1.54) is 12.0 Å². The topological polar surface area (TPSA) is 12.4 Å². The maximum Gasteiger partial charge on any atom is 0.0371 e. The third-order valence-corrected chi connectivity index (χ3v) is 3.71. The van der Waals surface area contributed by atoms with Gasteiger partial charge in [-0.25, -0.2) is 0 Å². The minimum atomic E-state index is 0.507. The fourth-order valence-corrected chi connectivity index (χ4v) is 1.98. The van der Waals surface area contributed by atoms with Crippen LogP contribution in [-0.4, -0.2) is 6.21 Å². The van der Waals surface area contributed by atoms with Crippen LogP contribution in [0.5, 0.6) is 0 Å². The van der Waals surface area contributed by atoms with Crippen molar-refractivity contribution in [2.45, 2.75) is 53.9 Å². The third-order valence-electron chi connectivity index (χ3n) is 3.71. The molecular weight excluding hydrogens is 242 g/mol. The largest absolute Gasteiger partial charge is 0.266 e. The Labute approximate surface area is 125 Å². The van der Waals surface area contributed by atoms with E-state index in [2.05, 4.69) is 58.1 Å². The average molecular weight is 273 g/mol. The Hall–Kier alpha value is -1.37. The van der Waals surface area contributed by atoms with Crippen molar-refractivity contribution >= 4 is 6.21 Å². The van der Waals surface area contributed by atoms with Gasteiger partial charge in [-0.15, -0.1) is 6.58 Å². The Kier molecular flexibility index (Phi) is 9.71. The summed E-state index contributed by atoms with van der Waals surface area (Å²) >= 11 is 0. The molecule has 0 rings (SSSR count). The molecule has 0 saturated carbocycles. The van der Waals surface area contributed by atoms with Gasteiger partial charge in [-0.2, -0.15) is 0 Å². The lowest BCUT2D eigenvalue weighted by molar-refractivity contribution is 0.443. The first-order valence-corrected chi connectivity index (χ1v) is 7.57. The maximum atomic E-state index is 4.62. The van der Waals surface area contributed by atoms with Gasteiger partial charge in [-0.05, 0) is 51.2 Å². The number of allylic oxidation sites excluding steroid dienone is 6. The molecule has 0 heterocycles. The van der Waals surface area contributed by atoms with Gasteiger partial charge in [0.15, 0.2) is 0 Å². The van der Waals surface area contributed by atoms with Gasteiger partial charge in [-0.1, -0.05) is 44.6 Å². The first-order valence-electron chi connectivity index (χ1n) is 7.57. The second-order valence-electron chi connectivity index (χ2n) is 5.60. The highest BCUT2D eigenvalue weighted by molar-refractivity contribution is 5.63. The van der Waals surface area contributed by atoms with Crippen LogP contribution in [0.1, 0.15) is 53.9 Å². The summed E-state index contributed by atoms with van der Waals surface area (Å²) in [4.78, 5) is 4.62. The molecular formula is C19H31N.